The van der Waals surface area contributed by atoms with E-state index in [0.717, 1.165) is 0 Å². The number of carbonyl (C=O) groups is 1. The first kappa shape index (κ1) is 15.0. The van der Waals surface area contributed by atoms with Crippen LogP contribution in [0.25, 0.3) is 0 Å². The van der Waals surface area contributed by atoms with Crippen LogP contribution in [0.2, 0.25) is 5.02 Å². The van der Waals surface area contributed by atoms with Gasteiger partial charge < -0.3 is 4.90 Å². The molecule has 20 heavy (non-hydrogen) atoms. The normalized spacial score (nSPS) is 16.9. The Labute approximate surface area is 123 Å². The van der Waals surface area contributed by atoms with Gasteiger partial charge in [-0.2, -0.15) is 4.31 Å². The predicted molar refractivity (Wildman–Crippen MR) is 77.0 cm³/mol. The van der Waals surface area contributed by atoms with Crippen molar-refractivity contribution >= 4 is 27.5 Å². The number of piperazine rings is 1. The maximum Gasteiger partial charge on any atom is 0.246 e. The maximum atomic E-state index is 12.4. The van der Waals surface area contributed by atoms with E-state index in [-0.39, 0.29) is 23.9 Å². The molecule has 5 nitrogen and oxygen atoms in total. The molecule has 0 bridgehead atoms. The fraction of sp³-hybridized carbons (Fsp3) is 0.308. The standard InChI is InChI=1S/C13H15ClN2O3S/c1-2-13(17)15-7-9-16(10-8-15)20(18,19)12-5-3-11(14)4-6-12/h2-6H,1,7-10H2. The van der Waals surface area contributed by atoms with Crippen molar-refractivity contribution in [3.8, 4) is 0 Å². The summed E-state index contributed by atoms with van der Waals surface area (Å²) in [5.41, 5.74) is 0. The summed E-state index contributed by atoms with van der Waals surface area (Å²) in [5.74, 6) is -0.173. The highest BCUT2D eigenvalue weighted by molar-refractivity contribution is 7.89. The first-order chi connectivity index (χ1) is 9.45. The number of amides is 1. The first-order valence-corrected chi connectivity index (χ1v) is 7.94. The van der Waals surface area contributed by atoms with Crippen molar-refractivity contribution in [1.82, 2.24) is 9.21 Å². The van der Waals surface area contributed by atoms with Gasteiger partial charge in [-0.05, 0) is 30.3 Å². The second-order valence-corrected chi connectivity index (χ2v) is 6.76. The SMILES string of the molecule is C=CC(=O)N1CCN(S(=O)(=O)c2ccc(Cl)cc2)CC1. The van der Waals surface area contributed by atoms with Crippen LogP contribution in [0.4, 0.5) is 0 Å². The Kier molecular flexibility index (Phi) is 4.47. The quantitative estimate of drug-likeness (QED) is 0.792. The zero-order chi connectivity index (χ0) is 14.8. The van der Waals surface area contributed by atoms with Gasteiger partial charge in [0.1, 0.15) is 0 Å². The van der Waals surface area contributed by atoms with E-state index in [1.54, 1.807) is 17.0 Å². The van der Waals surface area contributed by atoms with Crippen LogP contribution < -0.4 is 0 Å². The largest absolute Gasteiger partial charge is 0.337 e. The molecular weight excluding hydrogens is 300 g/mol. The van der Waals surface area contributed by atoms with Crippen molar-refractivity contribution in [2.24, 2.45) is 0 Å². The topological polar surface area (TPSA) is 57.7 Å². The van der Waals surface area contributed by atoms with Crippen LogP contribution in [-0.4, -0.2) is 49.7 Å². The summed E-state index contributed by atoms with van der Waals surface area (Å²) in [6.07, 6.45) is 1.24. The second kappa shape index (κ2) is 5.95. The fourth-order valence-corrected chi connectivity index (χ4v) is 3.58. The fourth-order valence-electron chi connectivity index (χ4n) is 2.03. The first-order valence-electron chi connectivity index (χ1n) is 6.12. The smallest absolute Gasteiger partial charge is 0.246 e. The molecule has 0 aliphatic carbocycles. The Bertz CT molecular complexity index is 605. The summed E-state index contributed by atoms with van der Waals surface area (Å²) >= 11 is 5.76. The molecule has 1 aliphatic rings. The molecule has 1 saturated heterocycles. The summed E-state index contributed by atoms with van der Waals surface area (Å²) in [7, 11) is -3.52. The average Bonchev–Trinajstić information content (AvgIpc) is 2.47. The summed E-state index contributed by atoms with van der Waals surface area (Å²) < 4.78 is 26.2. The number of benzene rings is 1. The molecule has 1 aromatic carbocycles. The molecule has 1 aromatic rings. The third kappa shape index (κ3) is 3.03. The van der Waals surface area contributed by atoms with E-state index in [2.05, 4.69) is 6.58 Å². The van der Waals surface area contributed by atoms with E-state index in [1.165, 1.54) is 22.5 Å². The Morgan fingerprint density at radius 1 is 1.15 bits per heavy atom. The highest BCUT2D eigenvalue weighted by Crippen LogP contribution is 2.19. The number of nitrogens with zero attached hydrogens (tertiary/aromatic N) is 2. The third-order valence-electron chi connectivity index (χ3n) is 3.18. The number of carbonyl (C=O) groups excluding carboxylic acids is 1. The highest BCUT2D eigenvalue weighted by Gasteiger charge is 2.29. The van der Waals surface area contributed by atoms with E-state index in [9.17, 15) is 13.2 Å². The molecule has 0 radical (unpaired) electrons. The lowest BCUT2D eigenvalue weighted by Gasteiger charge is -2.33. The van der Waals surface area contributed by atoms with E-state index >= 15 is 0 Å². The number of hydrogen-bond donors (Lipinski definition) is 0. The van der Waals surface area contributed by atoms with Gasteiger partial charge in [0.05, 0.1) is 4.90 Å². The van der Waals surface area contributed by atoms with Crippen molar-refractivity contribution in [2.75, 3.05) is 26.2 Å². The molecule has 1 fully saturated rings. The van der Waals surface area contributed by atoms with Crippen molar-refractivity contribution < 1.29 is 13.2 Å². The van der Waals surface area contributed by atoms with Crippen LogP contribution in [0, 0.1) is 0 Å². The number of rotatable bonds is 3. The van der Waals surface area contributed by atoms with Gasteiger partial charge in [-0.15, -0.1) is 0 Å². The lowest BCUT2D eigenvalue weighted by atomic mass is 10.3. The van der Waals surface area contributed by atoms with Gasteiger partial charge in [0.2, 0.25) is 15.9 Å². The third-order valence-corrected chi connectivity index (χ3v) is 5.34. The number of sulfonamides is 1. The number of halogens is 1. The highest BCUT2D eigenvalue weighted by atomic mass is 35.5. The Balaban J connectivity index is 2.11. The summed E-state index contributed by atoms with van der Waals surface area (Å²) in [6, 6.07) is 6.07. The van der Waals surface area contributed by atoms with E-state index in [4.69, 9.17) is 11.6 Å². The molecular formula is C13H15ClN2O3S. The van der Waals surface area contributed by atoms with E-state index in [1.807, 2.05) is 0 Å². The van der Waals surface area contributed by atoms with Crippen molar-refractivity contribution in [2.45, 2.75) is 4.90 Å². The molecule has 0 spiro atoms. The Morgan fingerprint density at radius 2 is 1.70 bits per heavy atom. The van der Waals surface area contributed by atoms with Crippen LogP contribution >= 0.6 is 11.6 Å². The molecule has 0 saturated carbocycles. The average molecular weight is 315 g/mol. The minimum atomic E-state index is -3.52. The predicted octanol–water partition coefficient (Wildman–Crippen LogP) is 1.36. The molecule has 108 valence electrons. The molecule has 0 N–H and O–H groups in total. The lowest BCUT2D eigenvalue weighted by Crippen LogP contribution is -2.50. The molecule has 1 heterocycles. The van der Waals surface area contributed by atoms with Gasteiger partial charge in [-0.3, -0.25) is 4.79 Å². The molecule has 0 unspecified atom stereocenters. The maximum absolute atomic E-state index is 12.4. The van der Waals surface area contributed by atoms with Crippen LogP contribution in [-0.2, 0) is 14.8 Å². The van der Waals surface area contributed by atoms with Crippen LogP contribution in [0.15, 0.2) is 41.8 Å². The van der Waals surface area contributed by atoms with Gasteiger partial charge in [-0.25, -0.2) is 8.42 Å². The molecule has 1 aliphatic heterocycles. The Hall–Kier alpha value is -1.37. The summed E-state index contributed by atoms with van der Waals surface area (Å²) in [5, 5.41) is 0.491. The zero-order valence-electron chi connectivity index (χ0n) is 10.8. The molecule has 0 atom stereocenters. The van der Waals surface area contributed by atoms with Crippen LogP contribution in [0.1, 0.15) is 0 Å². The minimum absolute atomic E-state index is 0.173. The van der Waals surface area contributed by atoms with Gasteiger partial charge >= 0.3 is 0 Å². The van der Waals surface area contributed by atoms with E-state index in [0.29, 0.717) is 18.1 Å². The monoisotopic (exact) mass is 314 g/mol. The minimum Gasteiger partial charge on any atom is -0.337 e. The van der Waals surface area contributed by atoms with Gasteiger partial charge in [0.25, 0.3) is 0 Å². The van der Waals surface area contributed by atoms with Crippen LogP contribution in [0.5, 0.6) is 0 Å². The Morgan fingerprint density at radius 3 is 2.20 bits per heavy atom. The zero-order valence-corrected chi connectivity index (χ0v) is 12.4. The summed E-state index contributed by atoms with van der Waals surface area (Å²) in [6.45, 7) is 4.73. The van der Waals surface area contributed by atoms with Crippen molar-refractivity contribution in [3.05, 3.63) is 41.9 Å². The molecule has 0 aromatic heterocycles. The molecule has 1 amide bonds. The van der Waals surface area contributed by atoms with Crippen molar-refractivity contribution in [1.29, 1.82) is 0 Å². The number of hydrogen-bond acceptors (Lipinski definition) is 3. The second-order valence-electron chi connectivity index (χ2n) is 4.39. The van der Waals surface area contributed by atoms with Gasteiger partial charge in [-0.1, -0.05) is 18.2 Å². The van der Waals surface area contributed by atoms with E-state index < -0.39 is 10.0 Å². The van der Waals surface area contributed by atoms with Gasteiger partial charge in [0.15, 0.2) is 0 Å². The van der Waals surface area contributed by atoms with Gasteiger partial charge in [0, 0.05) is 31.2 Å². The molecule has 2 rings (SSSR count). The summed E-state index contributed by atoms with van der Waals surface area (Å²) in [4.78, 5) is 13.3. The van der Waals surface area contributed by atoms with Crippen LogP contribution in [0.3, 0.4) is 0 Å². The lowest BCUT2D eigenvalue weighted by molar-refractivity contribution is -0.127. The molecule has 7 heteroatoms. The van der Waals surface area contributed by atoms with Crippen molar-refractivity contribution in [3.63, 3.8) is 0 Å².